The summed E-state index contributed by atoms with van der Waals surface area (Å²) in [5, 5.41) is 0.691. The van der Waals surface area contributed by atoms with Gasteiger partial charge in [-0.2, -0.15) is 0 Å². The highest BCUT2D eigenvalue weighted by atomic mass is 35.5. The molecule has 1 aromatic carbocycles. The quantitative estimate of drug-likeness (QED) is 0.633. The predicted molar refractivity (Wildman–Crippen MR) is 85.0 cm³/mol. The highest BCUT2D eigenvalue weighted by molar-refractivity contribution is 6.30. The van der Waals surface area contributed by atoms with Crippen LogP contribution in [0.15, 0.2) is 36.4 Å². The Balaban J connectivity index is 1.65. The number of allylic oxidation sites excluding steroid dienone is 2. The Morgan fingerprint density at radius 2 is 1.82 bits per heavy atom. The Labute approximate surface area is 135 Å². The van der Waals surface area contributed by atoms with Crippen molar-refractivity contribution >= 4 is 23.4 Å². The topological polar surface area (TPSA) is 40.6 Å². The van der Waals surface area contributed by atoms with Crippen LogP contribution >= 0.6 is 11.6 Å². The first kappa shape index (κ1) is 15.3. The van der Waals surface area contributed by atoms with Crippen LogP contribution in [0.4, 0.5) is 0 Å². The number of rotatable bonds is 4. The Morgan fingerprint density at radius 1 is 1.18 bits per heavy atom. The minimum absolute atomic E-state index is 0.0303. The zero-order valence-electron chi connectivity index (χ0n) is 12.5. The first-order valence-electron chi connectivity index (χ1n) is 7.49. The molecule has 0 bridgehead atoms. The lowest BCUT2D eigenvalue weighted by Gasteiger charge is -2.23. The van der Waals surface area contributed by atoms with Crippen LogP contribution in [0.3, 0.4) is 0 Å². The van der Waals surface area contributed by atoms with Crippen LogP contribution in [-0.2, 0) is 16.1 Å². The van der Waals surface area contributed by atoms with E-state index >= 15 is 0 Å². The fourth-order valence-electron chi connectivity index (χ4n) is 3.25. The van der Waals surface area contributed by atoms with Gasteiger partial charge < -0.3 is 0 Å². The van der Waals surface area contributed by atoms with Crippen LogP contribution in [0.1, 0.15) is 18.4 Å². The summed E-state index contributed by atoms with van der Waals surface area (Å²) in [6, 6.07) is 7.61. The Hall–Kier alpha value is -1.65. The summed E-state index contributed by atoms with van der Waals surface area (Å²) < 4.78 is 0. The molecule has 0 radical (unpaired) electrons. The number of likely N-dealkylation sites (tertiary alicyclic amines) is 1. The van der Waals surface area contributed by atoms with Gasteiger partial charge in [0, 0.05) is 11.6 Å². The molecule has 1 aliphatic heterocycles. The fraction of sp³-hybridized carbons (Fsp3) is 0.412. The molecule has 116 valence electrons. The number of amides is 2. The second-order valence-corrected chi connectivity index (χ2v) is 6.48. The number of imide groups is 1. The molecule has 1 heterocycles. The number of carbonyl (C=O) groups excluding carboxylic acids is 2. The second kappa shape index (κ2) is 6.23. The minimum atomic E-state index is -0.155. The molecule has 2 amide bonds. The first-order valence-corrected chi connectivity index (χ1v) is 7.87. The van der Waals surface area contributed by atoms with Gasteiger partial charge in [-0.3, -0.25) is 19.4 Å². The minimum Gasteiger partial charge on any atom is -0.284 e. The molecule has 1 aromatic rings. The Morgan fingerprint density at radius 3 is 2.41 bits per heavy atom. The Bertz CT molecular complexity index is 603. The van der Waals surface area contributed by atoms with Crippen LogP contribution in [0.5, 0.6) is 0 Å². The molecule has 2 atom stereocenters. The molecule has 2 aliphatic rings. The van der Waals surface area contributed by atoms with Crippen molar-refractivity contribution < 1.29 is 9.59 Å². The summed E-state index contributed by atoms with van der Waals surface area (Å²) >= 11 is 5.98. The summed E-state index contributed by atoms with van der Waals surface area (Å²) in [7, 11) is 1.90. The summed E-state index contributed by atoms with van der Waals surface area (Å²) in [5.41, 5.74) is 1.06. The van der Waals surface area contributed by atoms with Gasteiger partial charge in [-0.05, 0) is 37.6 Å². The van der Waals surface area contributed by atoms with Crippen molar-refractivity contribution in [2.24, 2.45) is 11.8 Å². The summed E-state index contributed by atoms with van der Waals surface area (Å²) in [6.45, 7) is 0.975. The summed E-state index contributed by atoms with van der Waals surface area (Å²) in [5.74, 6) is -0.372. The molecule has 0 spiro atoms. The normalized spacial score (nSPS) is 24.2. The molecule has 1 aliphatic carbocycles. The molecule has 0 N–H and O–H groups in total. The first-order chi connectivity index (χ1) is 10.6. The van der Waals surface area contributed by atoms with Crippen LogP contribution in [0.25, 0.3) is 0 Å². The molecule has 5 heteroatoms. The lowest BCUT2D eigenvalue weighted by Crippen LogP contribution is -2.40. The van der Waals surface area contributed by atoms with E-state index in [4.69, 9.17) is 11.6 Å². The van der Waals surface area contributed by atoms with E-state index < -0.39 is 0 Å². The van der Waals surface area contributed by atoms with E-state index in [2.05, 4.69) is 0 Å². The number of hydrogen-bond donors (Lipinski definition) is 0. The SMILES string of the molecule is CN(Cc1cccc(Cl)c1)CN1C(=O)[C@H]2CC=CC[C@@H]2C1=O. The number of halogens is 1. The van der Waals surface area contributed by atoms with Crippen LogP contribution in [0, 0.1) is 11.8 Å². The van der Waals surface area contributed by atoms with Crippen LogP contribution in [0.2, 0.25) is 5.02 Å². The van der Waals surface area contributed by atoms with Gasteiger partial charge in [-0.25, -0.2) is 0 Å². The summed E-state index contributed by atoms with van der Waals surface area (Å²) in [4.78, 5) is 28.2. The van der Waals surface area contributed by atoms with Gasteiger partial charge in [0.2, 0.25) is 11.8 Å². The smallest absolute Gasteiger partial charge is 0.234 e. The number of hydrogen-bond acceptors (Lipinski definition) is 3. The molecular formula is C17H19ClN2O2. The molecule has 3 rings (SSSR count). The maximum atomic E-state index is 12.4. The average molecular weight is 319 g/mol. The second-order valence-electron chi connectivity index (χ2n) is 6.05. The molecular weight excluding hydrogens is 300 g/mol. The fourth-order valence-corrected chi connectivity index (χ4v) is 3.46. The number of carbonyl (C=O) groups is 2. The number of benzene rings is 1. The molecule has 4 nitrogen and oxygen atoms in total. The van der Waals surface area contributed by atoms with E-state index in [0.29, 0.717) is 31.1 Å². The third-order valence-electron chi connectivity index (χ3n) is 4.32. The molecule has 0 saturated carbocycles. The van der Waals surface area contributed by atoms with Crippen LogP contribution in [-0.4, -0.2) is 35.3 Å². The third kappa shape index (κ3) is 2.94. The van der Waals surface area contributed by atoms with Crippen molar-refractivity contribution in [3.63, 3.8) is 0 Å². The van der Waals surface area contributed by atoms with Gasteiger partial charge in [0.1, 0.15) is 0 Å². The molecule has 0 unspecified atom stereocenters. The largest absolute Gasteiger partial charge is 0.284 e. The van der Waals surface area contributed by atoms with Crippen molar-refractivity contribution in [3.8, 4) is 0 Å². The highest BCUT2D eigenvalue weighted by Gasteiger charge is 2.47. The van der Waals surface area contributed by atoms with E-state index in [1.807, 2.05) is 48.4 Å². The van der Waals surface area contributed by atoms with E-state index in [0.717, 1.165) is 5.56 Å². The molecule has 22 heavy (non-hydrogen) atoms. The van der Waals surface area contributed by atoms with Crippen molar-refractivity contribution in [1.29, 1.82) is 0 Å². The lowest BCUT2D eigenvalue weighted by atomic mass is 9.85. The van der Waals surface area contributed by atoms with Crippen molar-refractivity contribution in [3.05, 3.63) is 47.0 Å². The Kier molecular flexibility index (Phi) is 4.32. The monoisotopic (exact) mass is 318 g/mol. The standard InChI is InChI=1S/C17H19ClN2O2/c1-19(10-12-5-4-6-13(18)9-12)11-20-16(21)14-7-2-3-8-15(14)17(20)22/h2-6,9,14-15H,7-8,10-11H2,1H3/t14-,15-/m0/s1. The zero-order valence-corrected chi connectivity index (χ0v) is 13.3. The highest BCUT2D eigenvalue weighted by Crippen LogP contribution is 2.35. The maximum Gasteiger partial charge on any atom is 0.234 e. The zero-order chi connectivity index (χ0) is 15.7. The summed E-state index contributed by atoms with van der Waals surface area (Å²) in [6.07, 6.45) is 5.38. The van der Waals surface area contributed by atoms with Gasteiger partial charge in [0.25, 0.3) is 0 Å². The average Bonchev–Trinajstić information content (AvgIpc) is 2.73. The number of fused-ring (bicyclic) bond motifs is 1. The van der Waals surface area contributed by atoms with Crippen molar-refractivity contribution in [2.75, 3.05) is 13.7 Å². The third-order valence-corrected chi connectivity index (χ3v) is 4.56. The van der Waals surface area contributed by atoms with Crippen LogP contribution < -0.4 is 0 Å². The lowest BCUT2D eigenvalue weighted by molar-refractivity contribution is -0.142. The van der Waals surface area contributed by atoms with Gasteiger partial charge in [-0.1, -0.05) is 35.9 Å². The van der Waals surface area contributed by atoms with Gasteiger partial charge in [0.15, 0.2) is 0 Å². The molecule has 1 fully saturated rings. The van der Waals surface area contributed by atoms with Gasteiger partial charge in [0.05, 0.1) is 18.5 Å². The predicted octanol–water partition coefficient (Wildman–Crippen LogP) is 2.68. The number of nitrogens with zero attached hydrogens (tertiary/aromatic N) is 2. The van der Waals surface area contributed by atoms with Gasteiger partial charge >= 0.3 is 0 Å². The molecule has 1 saturated heterocycles. The van der Waals surface area contributed by atoms with E-state index in [1.165, 1.54) is 4.90 Å². The maximum absolute atomic E-state index is 12.4. The molecule has 0 aromatic heterocycles. The van der Waals surface area contributed by atoms with Crippen molar-refractivity contribution in [1.82, 2.24) is 9.80 Å². The van der Waals surface area contributed by atoms with Crippen molar-refractivity contribution in [2.45, 2.75) is 19.4 Å². The van der Waals surface area contributed by atoms with E-state index in [1.54, 1.807) is 0 Å². The van der Waals surface area contributed by atoms with E-state index in [9.17, 15) is 9.59 Å². The van der Waals surface area contributed by atoms with E-state index in [-0.39, 0.29) is 23.7 Å². The van der Waals surface area contributed by atoms with Gasteiger partial charge in [-0.15, -0.1) is 0 Å².